The Morgan fingerprint density at radius 1 is 1.50 bits per heavy atom. The minimum atomic E-state index is -0.910. The van der Waals surface area contributed by atoms with E-state index in [0.29, 0.717) is 4.74 Å². The molecular weight excluding hydrogens is 241 g/mol. The predicted octanol–water partition coefficient (Wildman–Crippen LogP) is 1.79. The fourth-order valence-electron chi connectivity index (χ4n) is 1.31. The van der Waals surface area contributed by atoms with Gasteiger partial charge in [-0.25, -0.2) is 4.39 Å². The Morgan fingerprint density at radius 2 is 2.17 bits per heavy atom. The fraction of sp³-hybridized carbons (Fsp3) is 0.417. The summed E-state index contributed by atoms with van der Waals surface area (Å²) < 4.78 is 23.7. The van der Waals surface area contributed by atoms with E-state index in [4.69, 9.17) is 14.6 Å². The van der Waals surface area contributed by atoms with Crippen molar-refractivity contribution in [3.8, 4) is 5.75 Å². The minimum absolute atomic E-state index is 0.0849. The molecule has 0 radical (unpaired) electrons. The third-order valence-electron chi connectivity index (χ3n) is 2.09. The van der Waals surface area contributed by atoms with E-state index in [-0.39, 0.29) is 18.0 Å². The highest BCUT2D eigenvalue weighted by molar-refractivity contribution is 5.48. The lowest BCUT2D eigenvalue weighted by atomic mass is 10.3. The predicted molar refractivity (Wildman–Crippen MR) is 64.5 cm³/mol. The monoisotopic (exact) mass is 257 g/mol. The summed E-state index contributed by atoms with van der Waals surface area (Å²) in [5.41, 5.74) is 0.125. The molecule has 1 rings (SSSR count). The zero-order chi connectivity index (χ0) is 13.7. The van der Waals surface area contributed by atoms with E-state index in [2.05, 4.69) is 6.72 Å². The molecule has 0 heterocycles. The molecule has 0 saturated heterocycles. The first kappa shape index (κ1) is 14.4. The third-order valence-corrected chi connectivity index (χ3v) is 2.09. The number of aliphatic hydroxyl groups is 1. The van der Waals surface area contributed by atoms with Crippen LogP contribution in [0.5, 0.6) is 5.75 Å². The van der Waals surface area contributed by atoms with Gasteiger partial charge in [-0.2, -0.15) is 4.74 Å². The molecule has 0 spiro atoms. The fourth-order valence-corrected chi connectivity index (χ4v) is 1.31. The molecule has 6 heteroatoms. The molecule has 0 bridgehead atoms. The number of nitrogens with zero attached hydrogens (tertiary/aromatic N) is 1. The molecule has 0 aromatic heterocycles. The van der Waals surface area contributed by atoms with Crippen molar-refractivity contribution in [2.24, 2.45) is 0 Å². The first-order chi connectivity index (χ1) is 8.40. The Hall–Kier alpha value is -1.66. The second-order valence-electron chi connectivity index (χ2n) is 3.85. The van der Waals surface area contributed by atoms with Gasteiger partial charge in [0.15, 0.2) is 12.0 Å². The van der Waals surface area contributed by atoms with Crippen LogP contribution in [0.25, 0.3) is 0 Å². The van der Waals surface area contributed by atoms with Crippen LogP contribution in [0, 0.1) is 11.0 Å². The quantitative estimate of drug-likeness (QED) is 0.277. The molecule has 1 aromatic carbocycles. The van der Waals surface area contributed by atoms with Crippen LogP contribution in [-0.2, 0) is 4.74 Å². The van der Waals surface area contributed by atoms with Gasteiger partial charge in [0.25, 0.3) is 5.69 Å². The van der Waals surface area contributed by atoms with Crippen molar-refractivity contribution in [3.63, 3.8) is 0 Å². The van der Waals surface area contributed by atoms with Gasteiger partial charge in [-0.1, -0.05) is 0 Å². The van der Waals surface area contributed by atoms with Gasteiger partial charge in [0.1, 0.15) is 18.6 Å². The number of aliphatic hydroxyl groups excluding tert-OH is 1. The van der Waals surface area contributed by atoms with Gasteiger partial charge in [0, 0.05) is 12.1 Å². The summed E-state index contributed by atoms with van der Waals surface area (Å²) in [5, 5.41) is 20.1. The summed E-state index contributed by atoms with van der Waals surface area (Å²) in [4.78, 5) is 0. The largest absolute Gasteiger partial charge is 0.619 e. The van der Waals surface area contributed by atoms with Crippen LogP contribution in [0.4, 0.5) is 10.1 Å². The number of rotatable bonds is 6. The number of halogens is 1. The Morgan fingerprint density at radius 3 is 2.72 bits per heavy atom. The summed E-state index contributed by atoms with van der Waals surface area (Å²) in [6, 6.07) is 3.53. The van der Waals surface area contributed by atoms with Gasteiger partial charge in [0.2, 0.25) is 0 Å². The van der Waals surface area contributed by atoms with Gasteiger partial charge in [-0.3, -0.25) is 0 Å². The zero-order valence-electron chi connectivity index (χ0n) is 10.3. The molecule has 2 atom stereocenters. The number of hydrogen-bond donors (Lipinski definition) is 1. The second-order valence-corrected chi connectivity index (χ2v) is 3.85. The summed E-state index contributed by atoms with van der Waals surface area (Å²) in [6.07, 6.45) is -1.35. The minimum Gasteiger partial charge on any atom is -0.619 e. The van der Waals surface area contributed by atoms with E-state index in [1.54, 1.807) is 6.92 Å². The van der Waals surface area contributed by atoms with Crippen molar-refractivity contribution < 1.29 is 23.7 Å². The molecule has 100 valence electrons. The van der Waals surface area contributed by atoms with E-state index in [1.165, 1.54) is 13.0 Å². The van der Waals surface area contributed by atoms with Crippen LogP contribution >= 0.6 is 0 Å². The van der Waals surface area contributed by atoms with E-state index in [0.717, 1.165) is 12.1 Å². The molecule has 1 aromatic rings. The summed E-state index contributed by atoms with van der Waals surface area (Å²) in [5.74, 6) is -0.430. The molecule has 18 heavy (non-hydrogen) atoms. The Bertz CT molecular complexity index is 423. The summed E-state index contributed by atoms with van der Waals surface area (Å²) in [7, 11) is 0. The molecule has 0 aliphatic carbocycles. The van der Waals surface area contributed by atoms with Crippen molar-refractivity contribution in [1.29, 1.82) is 0 Å². The van der Waals surface area contributed by atoms with Crippen LogP contribution in [-0.4, -0.2) is 35.6 Å². The third kappa shape index (κ3) is 4.31. The van der Waals surface area contributed by atoms with Gasteiger partial charge < -0.3 is 19.8 Å². The topological polar surface area (TPSA) is 64.8 Å². The molecule has 5 nitrogen and oxygen atoms in total. The van der Waals surface area contributed by atoms with Crippen LogP contribution in [0.3, 0.4) is 0 Å². The molecule has 0 saturated carbocycles. The molecule has 0 fully saturated rings. The molecule has 0 amide bonds. The lowest BCUT2D eigenvalue weighted by molar-refractivity contribution is -0.351. The SMILES string of the molecule is C=[N+]([O-])c1ccc(F)cc1O[C@H](C)CO[C@@H](C)O. The number of benzene rings is 1. The maximum Gasteiger partial charge on any atom is 0.258 e. The normalized spacial score (nSPS) is 14.0. The van der Waals surface area contributed by atoms with Crippen molar-refractivity contribution in [3.05, 3.63) is 29.2 Å². The lowest BCUT2D eigenvalue weighted by Crippen LogP contribution is -2.22. The summed E-state index contributed by atoms with van der Waals surface area (Å²) >= 11 is 0. The second kappa shape index (κ2) is 6.32. The van der Waals surface area contributed by atoms with Crippen LogP contribution < -0.4 is 4.74 Å². The first-order valence-corrected chi connectivity index (χ1v) is 5.43. The molecule has 1 N–H and O–H groups in total. The van der Waals surface area contributed by atoms with Gasteiger partial charge in [0.05, 0.1) is 6.61 Å². The Balaban J connectivity index is 2.76. The lowest BCUT2D eigenvalue weighted by Gasteiger charge is -2.17. The zero-order valence-corrected chi connectivity index (χ0v) is 10.3. The standard InChI is InChI=1S/C12H16FNO4/c1-8(7-17-9(2)15)18-12-6-10(13)4-5-11(12)14(3)16/h4-6,8-9,15H,3,7H2,1-2H3/t8-,9+/m1/s1. The van der Waals surface area contributed by atoms with E-state index in [1.807, 2.05) is 0 Å². The molecular formula is C12H16FNO4. The van der Waals surface area contributed by atoms with Gasteiger partial charge >= 0.3 is 0 Å². The van der Waals surface area contributed by atoms with Crippen LogP contribution in [0.2, 0.25) is 0 Å². The van der Waals surface area contributed by atoms with Crippen molar-refractivity contribution >= 4 is 12.4 Å². The van der Waals surface area contributed by atoms with Crippen LogP contribution in [0.1, 0.15) is 13.8 Å². The first-order valence-electron chi connectivity index (χ1n) is 5.43. The Kier molecular flexibility index (Phi) is 5.06. The Labute approximate surface area is 105 Å². The van der Waals surface area contributed by atoms with Crippen LogP contribution in [0.15, 0.2) is 18.2 Å². The maximum absolute atomic E-state index is 13.1. The summed E-state index contributed by atoms with van der Waals surface area (Å²) in [6.45, 7) is 6.44. The number of hydrogen-bond acceptors (Lipinski definition) is 4. The molecule has 0 aliphatic heterocycles. The van der Waals surface area contributed by atoms with Gasteiger partial charge in [-0.05, 0) is 19.9 Å². The van der Waals surface area contributed by atoms with E-state index >= 15 is 0 Å². The molecule has 0 aliphatic rings. The van der Waals surface area contributed by atoms with Gasteiger partial charge in [-0.15, -0.1) is 0 Å². The smallest absolute Gasteiger partial charge is 0.258 e. The maximum atomic E-state index is 13.1. The average molecular weight is 257 g/mol. The van der Waals surface area contributed by atoms with Crippen molar-refractivity contribution in [2.75, 3.05) is 6.61 Å². The number of ether oxygens (including phenoxy) is 2. The van der Waals surface area contributed by atoms with E-state index < -0.39 is 18.2 Å². The highest BCUT2D eigenvalue weighted by Crippen LogP contribution is 2.28. The molecule has 0 unspecified atom stereocenters. The highest BCUT2D eigenvalue weighted by atomic mass is 19.1. The average Bonchev–Trinajstić information content (AvgIpc) is 2.26. The highest BCUT2D eigenvalue weighted by Gasteiger charge is 2.15. The van der Waals surface area contributed by atoms with Crippen molar-refractivity contribution in [1.82, 2.24) is 0 Å². The van der Waals surface area contributed by atoms with Crippen molar-refractivity contribution in [2.45, 2.75) is 26.2 Å². The van der Waals surface area contributed by atoms with E-state index in [9.17, 15) is 9.60 Å².